The first-order valence-corrected chi connectivity index (χ1v) is 7.25. The number of nitrogens with zero attached hydrogens (tertiary/aromatic N) is 2. The van der Waals surface area contributed by atoms with Crippen molar-refractivity contribution in [1.29, 1.82) is 0 Å². The molecule has 5 nitrogen and oxygen atoms in total. The Labute approximate surface area is 113 Å². The molecule has 0 spiro atoms. The third-order valence-corrected chi connectivity index (χ3v) is 4.29. The number of amides is 1. The summed E-state index contributed by atoms with van der Waals surface area (Å²) in [4.78, 5) is 12.4. The van der Waals surface area contributed by atoms with Crippen molar-refractivity contribution in [3.63, 3.8) is 0 Å². The van der Waals surface area contributed by atoms with Crippen LogP contribution >= 0.6 is 0 Å². The van der Waals surface area contributed by atoms with Gasteiger partial charge >= 0.3 is 0 Å². The SMILES string of the molecule is CCc1nn(C)cc1C(=O)NC1CC2CCC(C1)N2. The quantitative estimate of drug-likeness (QED) is 0.854. The first-order chi connectivity index (χ1) is 9.15. The summed E-state index contributed by atoms with van der Waals surface area (Å²) < 4.78 is 1.72. The number of hydrogen-bond donors (Lipinski definition) is 2. The first-order valence-electron chi connectivity index (χ1n) is 7.25. The van der Waals surface area contributed by atoms with Crippen molar-refractivity contribution < 1.29 is 4.79 Å². The number of carbonyl (C=O) groups is 1. The third kappa shape index (κ3) is 2.52. The van der Waals surface area contributed by atoms with E-state index in [2.05, 4.69) is 15.7 Å². The Morgan fingerprint density at radius 2 is 2.16 bits per heavy atom. The lowest BCUT2D eigenvalue weighted by Crippen LogP contribution is -2.48. The van der Waals surface area contributed by atoms with E-state index in [9.17, 15) is 4.79 Å². The van der Waals surface area contributed by atoms with Crippen LogP contribution in [0.4, 0.5) is 0 Å². The Balaban J connectivity index is 1.67. The number of aromatic nitrogens is 2. The van der Waals surface area contributed by atoms with E-state index in [0.717, 1.165) is 30.5 Å². The molecule has 0 aliphatic carbocycles. The molecule has 2 N–H and O–H groups in total. The summed E-state index contributed by atoms with van der Waals surface area (Å²) in [6, 6.07) is 1.52. The van der Waals surface area contributed by atoms with Gasteiger partial charge in [0.1, 0.15) is 0 Å². The zero-order valence-electron chi connectivity index (χ0n) is 11.6. The maximum absolute atomic E-state index is 12.4. The van der Waals surface area contributed by atoms with Crippen LogP contribution in [-0.4, -0.2) is 33.8 Å². The van der Waals surface area contributed by atoms with Crippen molar-refractivity contribution in [2.24, 2.45) is 7.05 Å². The molecule has 0 radical (unpaired) electrons. The minimum Gasteiger partial charge on any atom is -0.349 e. The molecule has 3 rings (SSSR count). The lowest BCUT2D eigenvalue weighted by molar-refractivity contribution is 0.0923. The van der Waals surface area contributed by atoms with E-state index in [1.807, 2.05) is 20.2 Å². The zero-order chi connectivity index (χ0) is 13.4. The average Bonchev–Trinajstić information content (AvgIpc) is 2.92. The van der Waals surface area contributed by atoms with E-state index in [-0.39, 0.29) is 5.91 Å². The zero-order valence-corrected chi connectivity index (χ0v) is 11.6. The first kappa shape index (κ1) is 12.7. The van der Waals surface area contributed by atoms with Gasteiger partial charge in [-0.05, 0) is 32.1 Å². The molecule has 2 aliphatic heterocycles. The van der Waals surface area contributed by atoms with Crippen molar-refractivity contribution in [1.82, 2.24) is 20.4 Å². The highest BCUT2D eigenvalue weighted by atomic mass is 16.1. The number of fused-ring (bicyclic) bond motifs is 2. The molecule has 2 atom stereocenters. The van der Waals surface area contributed by atoms with Crippen LogP contribution in [0.25, 0.3) is 0 Å². The fraction of sp³-hybridized carbons (Fsp3) is 0.714. The summed E-state index contributed by atoms with van der Waals surface area (Å²) in [5.74, 6) is 0.0382. The van der Waals surface area contributed by atoms with Gasteiger partial charge < -0.3 is 10.6 Å². The molecule has 1 aromatic heterocycles. The lowest BCUT2D eigenvalue weighted by atomic mass is 9.99. The number of rotatable bonds is 3. The van der Waals surface area contributed by atoms with E-state index < -0.39 is 0 Å². The van der Waals surface area contributed by atoms with Gasteiger partial charge in [-0.2, -0.15) is 5.10 Å². The number of nitrogens with one attached hydrogen (secondary N) is 2. The molecule has 3 heterocycles. The van der Waals surface area contributed by atoms with Crippen LogP contribution in [0.5, 0.6) is 0 Å². The molecule has 104 valence electrons. The Morgan fingerprint density at radius 3 is 2.79 bits per heavy atom. The molecule has 19 heavy (non-hydrogen) atoms. The summed E-state index contributed by atoms with van der Waals surface area (Å²) in [6.45, 7) is 2.03. The molecular weight excluding hydrogens is 240 g/mol. The second kappa shape index (κ2) is 4.96. The molecule has 2 aliphatic rings. The van der Waals surface area contributed by atoms with Gasteiger partial charge in [0.15, 0.2) is 0 Å². The topological polar surface area (TPSA) is 59.0 Å². The molecule has 2 saturated heterocycles. The Bertz CT molecular complexity index is 470. The predicted molar refractivity (Wildman–Crippen MR) is 73.0 cm³/mol. The Hall–Kier alpha value is -1.36. The number of hydrogen-bond acceptors (Lipinski definition) is 3. The van der Waals surface area contributed by atoms with Crippen molar-refractivity contribution in [3.05, 3.63) is 17.5 Å². The van der Waals surface area contributed by atoms with Crippen LogP contribution in [0.1, 0.15) is 48.7 Å². The fourth-order valence-corrected chi connectivity index (χ4v) is 3.42. The Kier molecular flexibility index (Phi) is 3.31. The van der Waals surface area contributed by atoms with Crippen molar-refractivity contribution in [2.75, 3.05) is 0 Å². The maximum Gasteiger partial charge on any atom is 0.254 e. The predicted octanol–water partition coefficient (Wildman–Crippen LogP) is 0.995. The lowest BCUT2D eigenvalue weighted by Gasteiger charge is -2.29. The van der Waals surface area contributed by atoms with E-state index in [1.165, 1.54) is 12.8 Å². The van der Waals surface area contributed by atoms with Gasteiger partial charge in [0.25, 0.3) is 5.91 Å². The number of aryl methyl sites for hydroxylation is 2. The van der Waals surface area contributed by atoms with Gasteiger partial charge in [-0.15, -0.1) is 0 Å². The molecule has 1 amide bonds. The summed E-state index contributed by atoms with van der Waals surface area (Å²) in [7, 11) is 1.86. The summed E-state index contributed by atoms with van der Waals surface area (Å²) in [5, 5.41) is 11.1. The van der Waals surface area contributed by atoms with Gasteiger partial charge in [-0.25, -0.2) is 0 Å². The highest BCUT2D eigenvalue weighted by molar-refractivity contribution is 5.95. The van der Waals surface area contributed by atoms with Crippen LogP contribution in [0.3, 0.4) is 0 Å². The van der Waals surface area contributed by atoms with E-state index in [0.29, 0.717) is 18.1 Å². The molecule has 2 unspecified atom stereocenters. The van der Waals surface area contributed by atoms with Crippen LogP contribution < -0.4 is 10.6 Å². The monoisotopic (exact) mass is 262 g/mol. The standard InChI is InChI=1S/C14H22N4O/c1-3-13-12(8-18(2)17-13)14(19)16-11-6-9-4-5-10(7-11)15-9/h8-11,15H,3-7H2,1-2H3,(H,16,19). The van der Waals surface area contributed by atoms with Crippen LogP contribution in [0.15, 0.2) is 6.20 Å². The molecule has 2 fully saturated rings. The molecule has 1 aromatic rings. The minimum absolute atomic E-state index is 0.0382. The normalized spacial score (nSPS) is 29.5. The van der Waals surface area contributed by atoms with Crippen molar-refractivity contribution in [3.8, 4) is 0 Å². The molecule has 0 saturated carbocycles. The molecule has 5 heteroatoms. The van der Waals surface area contributed by atoms with Crippen LogP contribution in [0.2, 0.25) is 0 Å². The smallest absolute Gasteiger partial charge is 0.254 e. The second-order valence-electron chi connectivity index (χ2n) is 5.80. The summed E-state index contributed by atoms with van der Waals surface area (Å²) in [6.07, 6.45) is 7.24. The van der Waals surface area contributed by atoms with Gasteiger partial charge in [0, 0.05) is 31.4 Å². The van der Waals surface area contributed by atoms with E-state index in [4.69, 9.17) is 0 Å². The fourth-order valence-electron chi connectivity index (χ4n) is 3.42. The number of piperidine rings is 1. The summed E-state index contributed by atoms with van der Waals surface area (Å²) >= 11 is 0. The Morgan fingerprint density at radius 1 is 1.47 bits per heavy atom. The molecular formula is C14H22N4O. The third-order valence-electron chi connectivity index (χ3n) is 4.29. The molecule has 2 bridgehead atoms. The highest BCUT2D eigenvalue weighted by Crippen LogP contribution is 2.27. The highest BCUT2D eigenvalue weighted by Gasteiger charge is 2.34. The summed E-state index contributed by atoms with van der Waals surface area (Å²) in [5.41, 5.74) is 1.62. The van der Waals surface area contributed by atoms with E-state index >= 15 is 0 Å². The van der Waals surface area contributed by atoms with Gasteiger partial charge in [-0.1, -0.05) is 6.92 Å². The van der Waals surface area contributed by atoms with Gasteiger partial charge in [0.2, 0.25) is 0 Å². The minimum atomic E-state index is 0.0382. The largest absolute Gasteiger partial charge is 0.349 e. The van der Waals surface area contributed by atoms with Gasteiger partial charge in [-0.3, -0.25) is 9.48 Å². The van der Waals surface area contributed by atoms with Crippen molar-refractivity contribution in [2.45, 2.75) is 57.2 Å². The van der Waals surface area contributed by atoms with Crippen LogP contribution in [0, 0.1) is 0 Å². The number of carbonyl (C=O) groups excluding carboxylic acids is 1. The molecule has 0 aromatic carbocycles. The van der Waals surface area contributed by atoms with E-state index in [1.54, 1.807) is 4.68 Å². The maximum atomic E-state index is 12.4. The van der Waals surface area contributed by atoms with Crippen molar-refractivity contribution >= 4 is 5.91 Å². The van der Waals surface area contributed by atoms with Crippen LogP contribution in [-0.2, 0) is 13.5 Å². The second-order valence-corrected chi connectivity index (χ2v) is 5.80. The van der Waals surface area contributed by atoms with Gasteiger partial charge in [0.05, 0.1) is 11.3 Å². The average molecular weight is 262 g/mol.